The van der Waals surface area contributed by atoms with Crippen molar-refractivity contribution in [3.8, 4) is 6.07 Å². The lowest BCUT2D eigenvalue weighted by Gasteiger charge is -2.23. The van der Waals surface area contributed by atoms with Crippen LogP contribution >= 0.6 is 11.3 Å². The molecule has 20 heavy (non-hydrogen) atoms. The maximum Gasteiger partial charge on any atom is 0.261 e. The molecule has 5 heteroatoms. The summed E-state index contributed by atoms with van der Waals surface area (Å²) in [6.07, 6.45) is 2.13. The monoisotopic (exact) mass is 285 g/mol. The number of fused-ring (bicyclic) bond motifs is 1. The first-order chi connectivity index (χ1) is 9.76. The van der Waals surface area contributed by atoms with Gasteiger partial charge in [-0.3, -0.25) is 4.79 Å². The SMILES string of the molecule is N#Cc1ccc2cc(C(=O)N[C@@H]3CCCNC3)sc2c1. The van der Waals surface area contributed by atoms with Crippen LogP contribution < -0.4 is 10.6 Å². The quantitative estimate of drug-likeness (QED) is 0.889. The van der Waals surface area contributed by atoms with Gasteiger partial charge in [-0.2, -0.15) is 5.26 Å². The Labute approximate surface area is 121 Å². The second-order valence-electron chi connectivity index (χ2n) is 4.99. The number of nitrogens with zero attached hydrogens (tertiary/aromatic N) is 1. The van der Waals surface area contributed by atoms with E-state index in [0.29, 0.717) is 10.4 Å². The molecule has 2 aromatic rings. The first kappa shape index (κ1) is 13.1. The van der Waals surface area contributed by atoms with Crippen molar-refractivity contribution in [2.75, 3.05) is 13.1 Å². The van der Waals surface area contributed by atoms with Crippen molar-refractivity contribution in [1.82, 2.24) is 10.6 Å². The Morgan fingerprint density at radius 3 is 3.10 bits per heavy atom. The number of carbonyl (C=O) groups is 1. The fraction of sp³-hybridized carbons (Fsp3) is 0.333. The number of hydrogen-bond acceptors (Lipinski definition) is 4. The molecule has 1 aliphatic rings. The summed E-state index contributed by atoms with van der Waals surface area (Å²) in [5.74, 6) is -0.0154. The number of nitrogens with one attached hydrogen (secondary N) is 2. The summed E-state index contributed by atoms with van der Waals surface area (Å²) < 4.78 is 0.982. The van der Waals surface area contributed by atoms with Crippen molar-refractivity contribution < 1.29 is 4.79 Å². The summed E-state index contributed by atoms with van der Waals surface area (Å²) in [6, 6.07) is 9.74. The average Bonchev–Trinajstić information content (AvgIpc) is 2.91. The lowest BCUT2D eigenvalue weighted by Crippen LogP contribution is -2.45. The predicted molar refractivity (Wildman–Crippen MR) is 79.9 cm³/mol. The maximum absolute atomic E-state index is 12.2. The van der Waals surface area contributed by atoms with Gasteiger partial charge in [-0.15, -0.1) is 11.3 Å². The van der Waals surface area contributed by atoms with E-state index >= 15 is 0 Å². The Morgan fingerprint density at radius 1 is 1.45 bits per heavy atom. The minimum absolute atomic E-state index is 0.0154. The predicted octanol–water partition coefficient (Wildman–Crippen LogP) is 2.25. The highest BCUT2D eigenvalue weighted by molar-refractivity contribution is 7.20. The van der Waals surface area contributed by atoms with E-state index < -0.39 is 0 Å². The van der Waals surface area contributed by atoms with E-state index in [1.54, 1.807) is 6.07 Å². The van der Waals surface area contributed by atoms with Crippen molar-refractivity contribution in [3.63, 3.8) is 0 Å². The highest BCUT2D eigenvalue weighted by atomic mass is 32.1. The zero-order valence-electron chi connectivity index (χ0n) is 11.0. The molecular formula is C15H15N3OS. The van der Waals surface area contributed by atoms with Gasteiger partial charge in [0.05, 0.1) is 16.5 Å². The second-order valence-corrected chi connectivity index (χ2v) is 6.08. The molecule has 1 atom stereocenters. The van der Waals surface area contributed by atoms with Gasteiger partial charge in [0.1, 0.15) is 0 Å². The third-order valence-corrected chi connectivity index (χ3v) is 4.60. The Balaban J connectivity index is 1.79. The molecule has 102 valence electrons. The zero-order valence-corrected chi connectivity index (χ0v) is 11.8. The fourth-order valence-electron chi connectivity index (χ4n) is 2.44. The smallest absolute Gasteiger partial charge is 0.261 e. The van der Waals surface area contributed by atoms with E-state index in [1.165, 1.54) is 11.3 Å². The molecule has 0 bridgehead atoms. The van der Waals surface area contributed by atoms with Crippen LogP contribution in [0.25, 0.3) is 10.1 Å². The van der Waals surface area contributed by atoms with Gasteiger partial charge in [-0.1, -0.05) is 6.07 Å². The van der Waals surface area contributed by atoms with Crippen LogP contribution in [0.4, 0.5) is 0 Å². The molecule has 4 nitrogen and oxygen atoms in total. The molecule has 2 heterocycles. The molecule has 0 aliphatic carbocycles. The van der Waals surface area contributed by atoms with Crippen LogP contribution in [0.3, 0.4) is 0 Å². The van der Waals surface area contributed by atoms with Gasteiger partial charge in [0, 0.05) is 17.3 Å². The Kier molecular flexibility index (Phi) is 3.68. The minimum atomic E-state index is -0.0154. The van der Waals surface area contributed by atoms with E-state index in [-0.39, 0.29) is 11.9 Å². The molecule has 1 saturated heterocycles. The number of nitriles is 1. The summed E-state index contributed by atoms with van der Waals surface area (Å²) >= 11 is 1.44. The van der Waals surface area contributed by atoms with Gasteiger partial charge in [-0.05, 0) is 43.0 Å². The number of amides is 1. The molecule has 1 aromatic carbocycles. The van der Waals surface area contributed by atoms with Gasteiger partial charge in [0.15, 0.2) is 0 Å². The number of carbonyl (C=O) groups excluding carboxylic acids is 1. The van der Waals surface area contributed by atoms with Crippen molar-refractivity contribution in [3.05, 3.63) is 34.7 Å². The molecule has 1 aromatic heterocycles. The van der Waals surface area contributed by atoms with Crippen LogP contribution in [-0.4, -0.2) is 25.0 Å². The van der Waals surface area contributed by atoms with Crippen LogP contribution in [0.2, 0.25) is 0 Å². The fourth-order valence-corrected chi connectivity index (χ4v) is 3.45. The van der Waals surface area contributed by atoms with Crippen LogP contribution in [0, 0.1) is 11.3 Å². The Morgan fingerprint density at radius 2 is 2.35 bits per heavy atom. The lowest BCUT2D eigenvalue weighted by molar-refractivity contribution is 0.0935. The lowest BCUT2D eigenvalue weighted by atomic mass is 10.1. The molecule has 0 unspecified atom stereocenters. The largest absolute Gasteiger partial charge is 0.347 e. The summed E-state index contributed by atoms with van der Waals surface area (Å²) in [7, 11) is 0. The van der Waals surface area contributed by atoms with Crippen molar-refractivity contribution in [2.45, 2.75) is 18.9 Å². The Hall–Kier alpha value is -1.90. The van der Waals surface area contributed by atoms with E-state index in [9.17, 15) is 4.79 Å². The zero-order chi connectivity index (χ0) is 13.9. The maximum atomic E-state index is 12.2. The number of thiophene rings is 1. The molecule has 1 amide bonds. The summed E-state index contributed by atoms with van der Waals surface area (Å²) in [4.78, 5) is 13.0. The van der Waals surface area contributed by atoms with Crippen molar-refractivity contribution >= 4 is 27.3 Å². The standard InChI is InChI=1S/C15H15N3OS/c16-8-10-3-4-11-7-14(20-13(11)6-10)15(19)18-12-2-1-5-17-9-12/h3-4,6-7,12,17H,1-2,5,9H2,(H,18,19)/t12-/m1/s1. The van der Waals surface area contributed by atoms with Crippen LogP contribution in [0.1, 0.15) is 28.1 Å². The number of rotatable bonds is 2. The molecule has 1 fully saturated rings. The van der Waals surface area contributed by atoms with Gasteiger partial charge in [0.25, 0.3) is 5.91 Å². The van der Waals surface area contributed by atoms with E-state index in [0.717, 1.165) is 36.0 Å². The van der Waals surface area contributed by atoms with Crippen molar-refractivity contribution in [2.24, 2.45) is 0 Å². The van der Waals surface area contributed by atoms with E-state index in [1.807, 2.05) is 18.2 Å². The molecule has 0 spiro atoms. The van der Waals surface area contributed by atoms with Crippen LogP contribution in [0.15, 0.2) is 24.3 Å². The van der Waals surface area contributed by atoms with Crippen molar-refractivity contribution in [1.29, 1.82) is 5.26 Å². The molecule has 1 aliphatic heterocycles. The minimum Gasteiger partial charge on any atom is -0.347 e. The van der Waals surface area contributed by atoms with Gasteiger partial charge >= 0.3 is 0 Å². The number of hydrogen-bond donors (Lipinski definition) is 2. The number of benzene rings is 1. The van der Waals surface area contributed by atoms with Crippen LogP contribution in [-0.2, 0) is 0 Å². The van der Waals surface area contributed by atoms with E-state index in [4.69, 9.17) is 5.26 Å². The molecular weight excluding hydrogens is 270 g/mol. The Bertz CT molecular complexity index is 680. The molecule has 0 saturated carbocycles. The molecule has 2 N–H and O–H groups in total. The third kappa shape index (κ3) is 2.67. The van der Waals surface area contributed by atoms with Crippen LogP contribution in [0.5, 0.6) is 0 Å². The average molecular weight is 285 g/mol. The third-order valence-electron chi connectivity index (χ3n) is 3.51. The summed E-state index contributed by atoms with van der Waals surface area (Å²) in [6.45, 7) is 1.88. The molecule has 0 radical (unpaired) electrons. The normalized spacial score (nSPS) is 18.6. The summed E-state index contributed by atoms with van der Waals surface area (Å²) in [5, 5.41) is 16.3. The highest BCUT2D eigenvalue weighted by Crippen LogP contribution is 2.26. The highest BCUT2D eigenvalue weighted by Gasteiger charge is 2.17. The summed E-state index contributed by atoms with van der Waals surface area (Å²) in [5.41, 5.74) is 0.628. The second kappa shape index (κ2) is 5.61. The van der Waals surface area contributed by atoms with Gasteiger partial charge < -0.3 is 10.6 Å². The first-order valence-corrected chi connectivity index (χ1v) is 7.53. The molecule has 3 rings (SSSR count). The topological polar surface area (TPSA) is 64.9 Å². The van der Waals surface area contributed by atoms with Gasteiger partial charge in [-0.25, -0.2) is 0 Å². The number of piperidine rings is 1. The first-order valence-electron chi connectivity index (χ1n) is 6.71. The van der Waals surface area contributed by atoms with Gasteiger partial charge in [0.2, 0.25) is 0 Å². The van der Waals surface area contributed by atoms with E-state index in [2.05, 4.69) is 16.7 Å².